The molecule has 0 saturated heterocycles. The highest BCUT2D eigenvalue weighted by Gasteiger charge is 2.24. The molecular formula is C12H18FNS. The van der Waals surface area contributed by atoms with E-state index in [9.17, 15) is 4.39 Å². The third-order valence-electron chi connectivity index (χ3n) is 3.28. The van der Waals surface area contributed by atoms with Crippen LogP contribution in [0, 0.1) is 12.1 Å². The fourth-order valence-electron chi connectivity index (χ4n) is 2.55. The lowest BCUT2D eigenvalue weighted by atomic mass is 9.93. The van der Waals surface area contributed by atoms with Gasteiger partial charge in [0.15, 0.2) is 5.13 Å². The third-order valence-corrected chi connectivity index (χ3v) is 4.43. The van der Waals surface area contributed by atoms with Gasteiger partial charge in [0, 0.05) is 11.4 Å². The highest BCUT2D eigenvalue weighted by molar-refractivity contribution is 7.10. The zero-order valence-electron chi connectivity index (χ0n) is 9.40. The van der Waals surface area contributed by atoms with Crippen molar-refractivity contribution in [3.63, 3.8) is 0 Å². The van der Waals surface area contributed by atoms with E-state index >= 15 is 0 Å². The van der Waals surface area contributed by atoms with Crippen molar-refractivity contribution < 1.29 is 4.39 Å². The van der Waals surface area contributed by atoms with Gasteiger partial charge in [-0.05, 0) is 50.3 Å². The van der Waals surface area contributed by atoms with E-state index in [0.29, 0.717) is 5.92 Å². The van der Waals surface area contributed by atoms with E-state index in [-0.39, 0.29) is 5.13 Å². The van der Waals surface area contributed by atoms with Gasteiger partial charge in [0.05, 0.1) is 0 Å². The summed E-state index contributed by atoms with van der Waals surface area (Å²) in [5, 5.41) is 3.26. The molecule has 1 aliphatic rings. The quantitative estimate of drug-likeness (QED) is 0.765. The predicted octanol–water partition coefficient (Wildman–Crippen LogP) is 3.23. The number of aryl methyl sites for hydroxylation is 1. The van der Waals surface area contributed by atoms with E-state index in [2.05, 4.69) is 5.32 Å². The summed E-state index contributed by atoms with van der Waals surface area (Å²) in [6.45, 7) is 2.91. The summed E-state index contributed by atoms with van der Waals surface area (Å²) in [5.74, 6) is 0.522. The highest BCUT2D eigenvalue weighted by atomic mass is 32.1. The van der Waals surface area contributed by atoms with Crippen LogP contribution in [-0.2, 0) is 6.42 Å². The van der Waals surface area contributed by atoms with Crippen molar-refractivity contribution in [1.82, 2.24) is 5.32 Å². The zero-order valence-corrected chi connectivity index (χ0v) is 10.2. The maximum absolute atomic E-state index is 13.5. The van der Waals surface area contributed by atoms with Crippen LogP contribution in [0.1, 0.15) is 41.2 Å². The van der Waals surface area contributed by atoms with Gasteiger partial charge in [-0.25, -0.2) is 0 Å². The Morgan fingerprint density at radius 1 is 1.47 bits per heavy atom. The summed E-state index contributed by atoms with van der Waals surface area (Å²) < 4.78 is 13.5. The average Bonchev–Trinajstić information content (AvgIpc) is 2.38. The topological polar surface area (TPSA) is 12.0 Å². The maximum atomic E-state index is 13.5. The molecule has 1 aliphatic carbocycles. The summed E-state index contributed by atoms with van der Waals surface area (Å²) >= 11 is 1.37. The van der Waals surface area contributed by atoms with Crippen LogP contribution in [0.3, 0.4) is 0 Å². The van der Waals surface area contributed by atoms with Crippen molar-refractivity contribution in [3.05, 3.63) is 21.1 Å². The summed E-state index contributed by atoms with van der Waals surface area (Å²) in [6.07, 6.45) is 4.76. The molecule has 3 heteroatoms. The molecule has 0 aromatic carbocycles. The van der Waals surface area contributed by atoms with Crippen LogP contribution in [-0.4, -0.2) is 13.6 Å². The molecule has 1 atom stereocenters. The molecule has 0 amide bonds. The van der Waals surface area contributed by atoms with E-state index in [1.54, 1.807) is 0 Å². The van der Waals surface area contributed by atoms with Gasteiger partial charge >= 0.3 is 0 Å². The minimum Gasteiger partial charge on any atom is -0.319 e. The van der Waals surface area contributed by atoms with Crippen molar-refractivity contribution in [3.8, 4) is 0 Å². The van der Waals surface area contributed by atoms with Crippen molar-refractivity contribution in [1.29, 1.82) is 0 Å². The SMILES string of the molecule is CNCC1CCCCc2sc(F)c(C)c21. The molecule has 0 aliphatic heterocycles. The standard InChI is InChI=1S/C12H18FNS/c1-8-11-9(7-14-2)5-3-4-6-10(11)15-12(8)13/h9,14H,3-7H2,1-2H3. The Kier molecular flexibility index (Phi) is 3.42. The first-order chi connectivity index (χ1) is 7.24. The molecule has 0 bridgehead atoms. The lowest BCUT2D eigenvalue weighted by molar-refractivity contribution is 0.559. The van der Waals surface area contributed by atoms with Crippen LogP contribution in [0.4, 0.5) is 4.39 Å². The van der Waals surface area contributed by atoms with Crippen molar-refractivity contribution >= 4 is 11.3 Å². The number of halogens is 1. The van der Waals surface area contributed by atoms with Crippen LogP contribution in [0.5, 0.6) is 0 Å². The summed E-state index contributed by atoms with van der Waals surface area (Å²) in [6, 6.07) is 0. The van der Waals surface area contributed by atoms with Crippen molar-refractivity contribution in [2.75, 3.05) is 13.6 Å². The number of hydrogen-bond donors (Lipinski definition) is 1. The normalized spacial score (nSPS) is 21.1. The van der Waals surface area contributed by atoms with Gasteiger partial charge in [-0.15, -0.1) is 11.3 Å². The molecule has 0 saturated carbocycles. The van der Waals surface area contributed by atoms with Crippen LogP contribution in [0.15, 0.2) is 0 Å². The number of hydrogen-bond acceptors (Lipinski definition) is 2. The van der Waals surface area contributed by atoms with Crippen molar-refractivity contribution in [2.45, 2.75) is 38.5 Å². The Labute approximate surface area is 94.7 Å². The molecule has 15 heavy (non-hydrogen) atoms. The molecule has 1 aromatic heterocycles. The van der Waals surface area contributed by atoms with Gasteiger partial charge in [-0.3, -0.25) is 0 Å². The molecular weight excluding hydrogens is 209 g/mol. The minimum atomic E-state index is 0.0306. The predicted molar refractivity (Wildman–Crippen MR) is 63.2 cm³/mol. The van der Waals surface area contributed by atoms with Gasteiger partial charge in [0.25, 0.3) is 0 Å². The largest absolute Gasteiger partial charge is 0.319 e. The molecule has 1 N–H and O–H groups in total. The van der Waals surface area contributed by atoms with E-state index < -0.39 is 0 Å². The van der Waals surface area contributed by atoms with Gasteiger partial charge in [-0.1, -0.05) is 6.42 Å². The maximum Gasteiger partial charge on any atom is 0.179 e. The average molecular weight is 227 g/mol. The third kappa shape index (κ3) is 2.08. The Bertz CT molecular complexity index is 346. The van der Waals surface area contributed by atoms with Gasteiger partial charge < -0.3 is 5.32 Å². The summed E-state index contributed by atoms with van der Waals surface area (Å²) in [7, 11) is 1.97. The highest BCUT2D eigenvalue weighted by Crippen LogP contribution is 2.38. The first-order valence-electron chi connectivity index (χ1n) is 5.66. The van der Waals surface area contributed by atoms with Gasteiger partial charge in [-0.2, -0.15) is 4.39 Å². The monoisotopic (exact) mass is 227 g/mol. The number of likely N-dealkylation sites (N-methyl/N-ethyl adjacent to an activating group) is 1. The lowest BCUT2D eigenvalue weighted by Gasteiger charge is -2.15. The second-order valence-electron chi connectivity index (χ2n) is 4.34. The molecule has 0 radical (unpaired) electrons. The van der Waals surface area contributed by atoms with Crippen molar-refractivity contribution in [2.24, 2.45) is 0 Å². The number of thiophene rings is 1. The van der Waals surface area contributed by atoms with E-state index in [0.717, 1.165) is 18.5 Å². The molecule has 1 nitrogen and oxygen atoms in total. The first-order valence-corrected chi connectivity index (χ1v) is 6.48. The number of rotatable bonds is 2. The summed E-state index contributed by atoms with van der Waals surface area (Å²) in [5.41, 5.74) is 2.21. The Hall–Kier alpha value is -0.410. The molecule has 0 fully saturated rings. The number of nitrogens with one attached hydrogen (secondary N) is 1. The zero-order chi connectivity index (χ0) is 10.8. The van der Waals surface area contributed by atoms with Crippen LogP contribution in [0.25, 0.3) is 0 Å². The van der Waals surface area contributed by atoms with Gasteiger partial charge in [0.2, 0.25) is 0 Å². The van der Waals surface area contributed by atoms with Crippen LogP contribution < -0.4 is 5.32 Å². The first kappa shape index (κ1) is 11.1. The molecule has 1 heterocycles. The van der Waals surface area contributed by atoms with Crippen LogP contribution in [0.2, 0.25) is 0 Å². The summed E-state index contributed by atoms with van der Waals surface area (Å²) in [4.78, 5) is 1.29. The fourth-order valence-corrected chi connectivity index (χ4v) is 3.70. The smallest absolute Gasteiger partial charge is 0.179 e. The second-order valence-corrected chi connectivity index (χ2v) is 5.39. The minimum absolute atomic E-state index is 0.0306. The Morgan fingerprint density at radius 2 is 2.27 bits per heavy atom. The molecule has 1 unspecified atom stereocenters. The lowest BCUT2D eigenvalue weighted by Crippen LogP contribution is -2.17. The van der Waals surface area contributed by atoms with E-state index in [1.165, 1.54) is 41.0 Å². The molecule has 1 aromatic rings. The van der Waals surface area contributed by atoms with E-state index in [4.69, 9.17) is 0 Å². The Balaban J connectivity index is 2.37. The molecule has 2 rings (SSSR count). The number of fused-ring (bicyclic) bond motifs is 1. The Morgan fingerprint density at radius 3 is 3.00 bits per heavy atom. The fraction of sp³-hybridized carbons (Fsp3) is 0.667. The second kappa shape index (κ2) is 4.62. The van der Waals surface area contributed by atoms with Crippen LogP contribution >= 0.6 is 11.3 Å². The van der Waals surface area contributed by atoms with E-state index in [1.807, 2.05) is 14.0 Å². The van der Waals surface area contributed by atoms with Gasteiger partial charge in [0.1, 0.15) is 0 Å². The molecule has 84 valence electrons. The molecule has 0 spiro atoms.